The summed E-state index contributed by atoms with van der Waals surface area (Å²) >= 11 is 0. The second kappa shape index (κ2) is 4.04. The van der Waals surface area contributed by atoms with E-state index in [2.05, 4.69) is 16.9 Å². The van der Waals surface area contributed by atoms with E-state index in [1.165, 1.54) is 0 Å². The summed E-state index contributed by atoms with van der Waals surface area (Å²) in [6, 6.07) is 0. The number of carbonyl (C=O) groups excluding carboxylic acids is 1. The lowest BCUT2D eigenvalue weighted by molar-refractivity contribution is 0.0691. The van der Waals surface area contributed by atoms with E-state index < -0.39 is 0 Å². The predicted molar refractivity (Wildman–Crippen MR) is 57.6 cm³/mol. The molecule has 0 saturated carbocycles. The van der Waals surface area contributed by atoms with E-state index >= 15 is 0 Å². The number of aromatic nitrogens is 2. The highest BCUT2D eigenvalue weighted by Crippen LogP contribution is 2.18. The molecule has 2 heterocycles. The van der Waals surface area contributed by atoms with Gasteiger partial charge in [0.25, 0.3) is 5.91 Å². The monoisotopic (exact) mass is 207 g/mol. The van der Waals surface area contributed by atoms with Crippen molar-refractivity contribution in [2.24, 2.45) is 5.92 Å². The first-order valence-corrected chi connectivity index (χ1v) is 5.47. The molecule has 0 radical (unpaired) electrons. The Labute approximate surface area is 89.7 Å². The molecule has 2 rings (SSSR count). The number of amides is 1. The zero-order valence-corrected chi connectivity index (χ0v) is 9.29. The zero-order chi connectivity index (χ0) is 10.8. The number of carbonyl (C=O) groups is 1. The second-order valence-corrected chi connectivity index (χ2v) is 4.35. The molecule has 4 heteroatoms. The Bertz CT molecular complexity index is 350. The maximum atomic E-state index is 12.0. The third-order valence-electron chi connectivity index (χ3n) is 3.10. The quantitative estimate of drug-likeness (QED) is 0.760. The predicted octanol–water partition coefficient (Wildman–Crippen LogP) is 1.59. The molecule has 4 nitrogen and oxygen atoms in total. The first kappa shape index (κ1) is 10.2. The molecule has 0 atom stereocenters. The minimum Gasteiger partial charge on any atom is -0.348 e. The van der Waals surface area contributed by atoms with E-state index in [0.717, 1.165) is 37.5 Å². The van der Waals surface area contributed by atoms with Crippen molar-refractivity contribution in [3.05, 3.63) is 17.7 Å². The molecule has 1 fully saturated rings. The van der Waals surface area contributed by atoms with Crippen molar-refractivity contribution in [1.29, 1.82) is 0 Å². The molecular formula is C11H17N3O. The molecule has 15 heavy (non-hydrogen) atoms. The molecule has 1 N–H and O–H groups in total. The number of nitrogens with zero attached hydrogens (tertiary/aromatic N) is 2. The van der Waals surface area contributed by atoms with Crippen molar-refractivity contribution in [3.8, 4) is 0 Å². The van der Waals surface area contributed by atoms with Crippen LogP contribution in [0.1, 0.15) is 35.9 Å². The number of hydrogen-bond acceptors (Lipinski definition) is 2. The van der Waals surface area contributed by atoms with E-state index in [1.54, 1.807) is 6.33 Å². The van der Waals surface area contributed by atoms with E-state index in [-0.39, 0.29) is 5.91 Å². The normalized spacial score (nSPS) is 18.1. The van der Waals surface area contributed by atoms with Crippen molar-refractivity contribution < 1.29 is 4.79 Å². The summed E-state index contributed by atoms with van der Waals surface area (Å²) in [5.41, 5.74) is 1.43. The molecule has 1 aliphatic heterocycles. The van der Waals surface area contributed by atoms with Gasteiger partial charge >= 0.3 is 0 Å². The number of H-pyrrole nitrogens is 1. The minimum atomic E-state index is 0.0700. The van der Waals surface area contributed by atoms with Gasteiger partial charge in [-0.05, 0) is 25.7 Å². The lowest BCUT2D eigenvalue weighted by atomic mass is 9.99. The van der Waals surface area contributed by atoms with Crippen LogP contribution in [0.3, 0.4) is 0 Å². The molecule has 0 aromatic carbocycles. The Morgan fingerprint density at radius 1 is 1.53 bits per heavy atom. The van der Waals surface area contributed by atoms with Crippen LogP contribution in [0, 0.1) is 12.8 Å². The lowest BCUT2D eigenvalue weighted by Gasteiger charge is -2.29. The fourth-order valence-electron chi connectivity index (χ4n) is 1.94. The van der Waals surface area contributed by atoms with Crippen LogP contribution in [-0.2, 0) is 0 Å². The molecular weight excluding hydrogens is 190 g/mol. The van der Waals surface area contributed by atoms with Gasteiger partial charge in [-0.3, -0.25) is 4.79 Å². The Morgan fingerprint density at radius 3 is 2.73 bits per heavy atom. The molecule has 0 aliphatic carbocycles. The SMILES string of the molecule is Cc1[nH]cnc1C(=O)N1CCC(C)CC1. The molecule has 1 aromatic rings. The van der Waals surface area contributed by atoms with Crippen LogP contribution in [0.4, 0.5) is 0 Å². The highest BCUT2D eigenvalue weighted by Gasteiger charge is 2.23. The van der Waals surface area contributed by atoms with Gasteiger partial charge in [0.15, 0.2) is 0 Å². The molecule has 1 amide bonds. The number of aryl methyl sites for hydroxylation is 1. The first-order chi connectivity index (χ1) is 7.18. The van der Waals surface area contributed by atoms with Gasteiger partial charge in [-0.25, -0.2) is 4.98 Å². The van der Waals surface area contributed by atoms with Gasteiger partial charge < -0.3 is 9.88 Å². The molecule has 82 valence electrons. The van der Waals surface area contributed by atoms with Crippen LogP contribution in [0.2, 0.25) is 0 Å². The van der Waals surface area contributed by atoms with E-state index in [0.29, 0.717) is 5.69 Å². The summed E-state index contributed by atoms with van der Waals surface area (Å²) < 4.78 is 0. The van der Waals surface area contributed by atoms with Crippen LogP contribution in [0.5, 0.6) is 0 Å². The summed E-state index contributed by atoms with van der Waals surface area (Å²) in [6.45, 7) is 5.85. The summed E-state index contributed by atoms with van der Waals surface area (Å²) in [5, 5.41) is 0. The molecule has 1 aromatic heterocycles. The van der Waals surface area contributed by atoms with Gasteiger partial charge in [0, 0.05) is 18.8 Å². The van der Waals surface area contributed by atoms with Gasteiger partial charge in [-0.1, -0.05) is 6.92 Å². The number of aromatic amines is 1. The van der Waals surface area contributed by atoms with Crippen molar-refractivity contribution in [3.63, 3.8) is 0 Å². The average molecular weight is 207 g/mol. The lowest BCUT2D eigenvalue weighted by Crippen LogP contribution is -2.38. The Kier molecular flexibility index (Phi) is 2.75. The van der Waals surface area contributed by atoms with Gasteiger partial charge in [0.05, 0.1) is 6.33 Å². The van der Waals surface area contributed by atoms with Crippen LogP contribution in [0.15, 0.2) is 6.33 Å². The summed E-state index contributed by atoms with van der Waals surface area (Å²) in [5.74, 6) is 0.815. The summed E-state index contributed by atoms with van der Waals surface area (Å²) in [4.78, 5) is 20.9. The van der Waals surface area contributed by atoms with Crippen LogP contribution < -0.4 is 0 Å². The van der Waals surface area contributed by atoms with Crippen molar-refractivity contribution in [1.82, 2.24) is 14.9 Å². The average Bonchev–Trinajstić information content (AvgIpc) is 2.65. The van der Waals surface area contributed by atoms with Gasteiger partial charge in [-0.15, -0.1) is 0 Å². The van der Waals surface area contributed by atoms with Gasteiger partial charge in [0.2, 0.25) is 0 Å². The fourth-order valence-corrected chi connectivity index (χ4v) is 1.94. The summed E-state index contributed by atoms with van der Waals surface area (Å²) in [7, 11) is 0. The van der Waals surface area contributed by atoms with Crippen molar-refractivity contribution in [2.45, 2.75) is 26.7 Å². The van der Waals surface area contributed by atoms with Crippen LogP contribution in [-0.4, -0.2) is 33.9 Å². The number of nitrogens with one attached hydrogen (secondary N) is 1. The van der Waals surface area contributed by atoms with E-state index in [1.807, 2.05) is 11.8 Å². The van der Waals surface area contributed by atoms with E-state index in [4.69, 9.17) is 0 Å². The zero-order valence-electron chi connectivity index (χ0n) is 9.29. The summed E-state index contributed by atoms with van der Waals surface area (Å²) in [6.07, 6.45) is 3.79. The minimum absolute atomic E-state index is 0.0700. The Balaban J connectivity index is 2.06. The number of piperidine rings is 1. The third kappa shape index (κ3) is 2.03. The third-order valence-corrected chi connectivity index (χ3v) is 3.10. The maximum absolute atomic E-state index is 12.0. The van der Waals surface area contributed by atoms with Gasteiger partial charge in [-0.2, -0.15) is 0 Å². The van der Waals surface area contributed by atoms with E-state index in [9.17, 15) is 4.79 Å². The number of hydrogen-bond donors (Lipinski definition) is 1. The highest BCUT2D eigenvalue weighted by atomic mass is 16.2. The topological polar surface area (TPSA) is 49.0 Å². The van der Waals surface area contributed by atoms with Crippen LogP contribution >= 0.6 is 0 Å². The van der Waals surface area contributed by atoms with Crippen molar-refractivity contribution >= 4 is 5.91 Å². The van der Waals surface area contributed by atoms with Crippen LogP contribution in [0.25, 0.3) is 0 Å². The molecule has 1 saturated heterocycles. The maximum Gasteiger partial charge on any atom is 0.274 e. The first-order valence-electron chi connectivity index (χ1n) is 5.47. The second-order valence-electron chi connectivity index (χ2n) is 4.35. The highest BCUT2D eigenvalue weighted by molar-refractivity contribution is 5.93. The van der Waals surface area contributed by atoms with Crippen molar-refractivity contribution in [2.75, 3.05) is 13.1 Å². The Morgan fingerprint density at radius 2 is 2.20 bits per heavy atom. The molecule has 0 bridgehead atoms. The smallest absolute Gasteiger partial charge is 0.274 e. The molecule has 0 unspecified atom stereocenters. The number of rotatable bonds is 1. The number of likely N-dealkylation sites (tertiary alicyclic amines) is 1. The largest absolute Gasteiger partial charge is 0.348 e. The molecule has 1 aliphatic rings. The standard InChI is InChI=1S/C11H17N3O/c1-8-3-5-14(6-4-8)11(15)10-9(2)12-7-13-10/h7-8H,3-6H2,1-2H3,(H,12,13). The Hall–Kier alpha value is -1.32. The number of imidazole rings is 1. The molecule has 0 spiro atoms. The van der Waals surface area contributed by atoms with Gasteiger partial charge in [0.1, 0.15) is 5.69 Å². The fraction of sp³-hybridized carbons (Fsp3) is 0.636.